The molecule has 1 saturated heterocycles. The van der Waals surface area contributed by atoms with Crippen LogP contribution in [-0.4, -0.2) is 42.2 Å². The number of nitrogens with zero attached hydrogens (tertiary/aromatic N) is 1. The van der Waals surface area contributed by atoms with Crippen LogP contribution in [0.15, 0.2) is 40.3 Å². The summed E-state index contributed by atoms with van der Waals surface area (Å²) >= 11 is 6.32. The number of piperidine rings is 1. The maximum absolute atomic E-state index is 9.53. The van der Waals surface area contributed by atoms with Crippen LogP contribution in [0.25, 0.3) is 5.57 Å². The zero-order chi connectivity index (χ0) is 22.5. The molecule has 1 aromatic carbocycles. The molecule has 1 fully saturated rings. The van der Waals surface area contributed by atoms with Crippen molar-refractivity contribution in [1.82, 2.24) is 4.98 Å². The van der Waals surface area contributed by atoms with Crippen molar-refractivity contribution in [3.05, 3.63) is 69.4 Å². The van der Waals surface area contributed by atoms with Crippen LogP contribution in [0.5, 0.6) is 0 Å². The van der Waals surface area contributed by atoms with E-state index in [0.29, 0.717) is 12.2 Å². The second-order valence-corrected chi connectivity index (χ2v) is 8.17. The highest BCUT2D eigenvalue weighted by molar-refractivity contribution is 6.30. The normalized spacial score (nSPS) is 18.0. The Morgan fingerprint density at radius 2 is 1.90 bits per heavy atom. The number of likely N-dealkylation sites (tertiary alicyclic amines) is 1. The highest BCUT2D eigenvalue weighted by Gasteiger charge is 2.27. The first kappa shape index (κ1) is 22.8. The van der Waals surface area contributed by atoms with Gasteiger partial charge in [0.25, 0.3) is 0 Å². The SMILES string of the molecule is Cc1nc2c(o1)CCc1ccc(Cl)cc1C2=C1CC[NH+](C)CC1.O=C([O-])/C=C/C(=O)O. The number of hydrogen-bond acceptors (Lipinski definition) is 5. The number of rotatable bonds is 2. The third kappa shape index (κ3) is 5.83. The molecule has 0 amide bonds. The fourth-order valence-electron chi connectivity index (χ4n) is 3.93. The van der Waals surface area contributed by atoms with Crippen LogP contribution < -0.4 is 10.0 Å². The number of fused-ring (bicyclic) bond motifs is 2. The van der Waals surface area contributed by atoms with Gasteiger partial charge in [-0.2, -0.15) is 0 Å². The Morgan fingerprint density at radius 1 is 1.19 bits per heavy atom. The number of oxazole rings is 1. The van der Waals surface area contributed by atoms with Crippen LogP contribution in [0, 0.1) is 6.92 Å². The van der Waals surface area contributed by atoms with Gasteiger partial charge in [-0.1, -0.05) is 17.7 Å². The van der Waals surface area contributed by atoms with Gasteiger partial charge in [0.2, 0.25) is 0 Å². The highest BCUT2D eigenvalue weighted by Crippen LogP contribution is 2.38. The number of halogens is 1. The molecule has 1 aliphatic heterocycles. The molecule has 2 aromatic rings. The average Bonchev–Trinajstić information content (AvgIpc) is 3.01. The molecule has 0 radical (unpaired) electrons. The number of quaternary nitrogens is 1. The molecule has 0 spiro atoms. The Labute approximate surface area is 185 Å². The van der Waals surface area contributed by atoms with E-state index in [1.807, 2.05) is 13.0 Å². The molecule has 2 N–H and O–H groups in total. The number of aryl methyl sites for hydroxylation is 3. The molecule has 31 heavy (non-hydrogen) atoms. The quantitative estimate of drug-likeness (QED) is 0.674. The summed E-state index contributed by atoms with van der Waals surface area (Å²) in [6, 6.07) is 6.27. The fraction of sp³-hybridized carbons (Fsp3) is 0.348. The van der Waals surface area contributed by atoms with Crippen molar-refractivity contribution in [2.75, 3.05) is 20.1 Å². The molecule has 4 rings (SSSR count). The summed E-state index contributed by atoms with van der Waals surface area (Å²) in [5.41, 5.74) is 6.47. The van der Waals surface area contributed by atoms with Gasteiger partial charge < -0.3 is 24.3 Å². The fourth-order valence-corrected chi connectivity index (χ4v) is 4.11. The van der Waals surface area contributed by atoms with Crippen LogP contribution >= 0.6 is 11.6 Å². The minimum Gasteiger partial charge on any atom is -0.545 e. The van der Waals surface area contributed by atoms with E-state index in [4.69, 9.17) is 26.1 Å². The van der Waals surface area contributed by atoms with Crippen molar-refractivity contribution in [1.29, 1.82) is 0 Å². The summed E-state index contributed by atoms with van der Waals surface area (Å²) in [5.74, 6) is -1.01. The van der Waals surface area contributed by atoms with Gasteiger partial charge in [-0.05, 0) is 41.3 Å². The number of carbonyl (C=O) groups excluding carboxylic acids is 1. The summed E-state index contributed by atoms with van der Waals surface area (Å²) in [5, 5.41) is 18.0. The topological polar surface area (TPSA) is 108 Å². The summed E-state index contributed by atoms with van der Waals surface area (Å²) in [4.78, 5) is 25.3. The first-order chi connectivity index (χ1) is 14.7. The van der Waals surface area contributed by atoms with Crippen molar-refractivity contribution in [2.24, 2.45) is 0 Å². The van der Waals surface area contributed by atoms with E-state index in [1.165, 1.54) is 35.4 Å². The molecule has 2 aliphatic rings. The minimum atomic E-state index is -1.51. The summed E-state index contributed by atoms with van der Waals surface area (Å²) < 4.78 is 5.91. The van der Waals surface area contributed by atoms with Gasteiger partial charge in [0.05, 0.1) is 26.1 Å². The number of nitrogens with one attached hydrogen (secondary N) is 1. The van der Waals surface area contributed by atoms with Gasteiger partial charge >= 0.3 is 5.97 Å². The summed E-state index contributed by atoms with van der Waals surface area (Å²) in [7, 11) is 2.27. The Morgan fingerprint density at radius 3 is 2.52 bits per heavy atom. The van der Waals surface area contributed by atoms with E-state index in [0.717, 1.165) is 48.1 Å². The van der Waals surface area contributed by atoms with E-state index in [2.05, 4.69) is 19.2 Å². The second kappa shape index (κ2) is 9.94. The standard InChI is InChI=1S/C19H21ClN2O.C4H4O4/c1-12-21-19-17(23-12)6-4-13-3-5-15(20)11-16(13)18(19)14-7-9-22(2)10-8-14;5-3(6)1-2-4(7)8/h3,5,11H,4,6-10H2,1-2H3;1-2H,(H,5,6)(H,7,8)/b;2-1+. The van der Waals surface area contributed by atoms with Gasteiger partial charge in [-0.25, -0.2) is 9.78 Å². The number of aliphatic carboxylic acids is 2. The molecule has 164 valence electrons. The van der Waals surface area contributed by atoms with Gasteiger partial charge in [0, 0.05) is 42.9 Å². The summed E-state index contributed by atoms with van der Waals surface area (Å²) in [6.45, 7) is 4.30. The lowest BCUT2D eigenvalue weighted by Crippen LogP contribution is -3.09. The molecule has 1 aliphatic carbocycles. The first-order valence-electron chi connectivity index (χ1n) is 10.2. The van der Waals surface area contributed by atoms with E-state index in [1.54, 1.807) is 4.90 Å². The number of carbonyl (C=O) groups is 2. The van der Waals surface area contributed by atoms with Gasteiger partial charge in [0.15, 0.2) is 5.89 Å². The Bertz CT molecular complexity index is 1030. The Hall–Kier alpha value is -2.90. The number of hydrogen-bond donors (Lipinski definition) is 2. The second-order valence-electron chi connectivity index (χ2n) is 7.73. The molecule has 0 saturated carbocycles. The monoisotopic (exact) mass is 444 g/mol. The van der Waals surface area contributed by atoms with Gasteiger partial charge in [-0.3, -0.25) is 0 Å². The molecule has 1 aromatic heterocycles. The van der Waals surface area contributed by atoms with Gasteiger partial charge in [0.1, 0.15) is 11.5 Å². The smallest absolute Gasteiger partial charge is 0.328 e. The zero-order valence-corrected chi connectivity index (χ0v) is 18.3. The maximum atomic E-state index is 9.53. The third-order valence-corrected chi connectivity index (χ3v) is 5.66. The first-order valence-corrected chi connectivity index (χ1v) is 10.5. The van der Waals surface area contributed by atoms with Crippen molar-refractivity contribution in [3.63, 3.8) is 0 Å². The van der Waals surface area contributed by atoms with Crippen molar-refractivity contribution in [2.45, 2.75) is 32.6 Å². The Kier molecular flexibility index (Phi) is 7.30. The van der Waals surface area contributed by atoms with Crippen LogP contribution in [0.1, 0.15) is 41.3 Å². The molecular weight excluding hydrogens is 420 g/mol. The van der Waals surface area contributed by atoms with Crippen molar-refractivity contribution in [3.8, 4) is 0 Å². The van der Waals surface area contributed by atoms with E-state index in [-0.39, 0.29) is 0 Å². The van der Waals surface area contributed by atoms with Crippen LogP contribution in [0.3, 0.4) is 0 Å². The lowest BCUT2D eigenvalue weighted by atomic mass is 9.89. The molecule has 0 unspecified atom stereocenters. The van der Waals surface area contributed by atoms with Crippen LogP contribution in [0.4, 0.5) is 0 Å². The number of carboxylic acids is 2. The molecule has 2 heterocycles. The molecule has 7 nitrogen and oxygen atoms in total. The number of aromatic nitrogens is 1. The predicted octanol–water partition coefficient (Wildman–Crippen LogP) is 1.22. The van der Waals surface area contributed by atoms with E-state index < -0.39 is 11.9 Å². The number of benzene rings is 1. The van der Waals surface area contributed by atoms with Crippen molar-refractivity contribution < 1.29 is 29.1 Å². The lowest BCUT2D eigenvalue weighted by Gasteiger charge is -2.24. The highest BCUT2D eigenvalue weighted by atomic mass is 35.5. The molecular formula is C23H25ClN2O5. The number of carboxylic acid groups (broad SMARTS) is 2. The maximum Gasteiger partial charge on any atom is 0.328 e. The Balaban J connectivity index is 0.000000293. The van der Waals surface area contributed by atoms with E-state index in [9.17, 15) is 14.7 Å². The molecule has 8 heteroatoms. The minimum absolute atomic E-state index is 0.447. The average molecular weight is 445 g/mol. The third-order valence-electron chi connectivity index (χ3n) is 5.43. The zero-order valence-electron chi connectivity index (χ0n) is 17.5. The predicted molar refractivity (Wildman–Crippen MR) is 114 cm³/mol. The van der Waals surface area contributed by atoms with Crippen molar-refractivity contribution >= 4 is 29.1 Å². The van der Waals surface area contributed by atoms with Crippen LogP contribution in [0.2, 0.25) is 5.02 Å². The van der Waals surface area contributed by atoms with Gasteiger partial charge in [-0.15, -0.1) is 0 Å². The van der Waals surface area contributed by atoms with E-state index >= 15 is 0 Å². The largest absolute Gasteiger partial charge is 0.545 e. The lowest BCUT2D eigenvalue weighted by molar-refractivity contribution is -0.882. The molecule has 0 atom stereocenters. The van der Waals surface area contributed by atoms with Crippen LogP contribution in [-0.2, 0) is 22.4 Å². The molecule has 0 bridgehead atoms. The summed E-state index contributed by atoms with van der Waals surface area (Å²) in [6.07, 6.45) is 5.08.